The van der Waals surface area contributed by atoms with Crippen LogP contribution in [0.5, 0.6) is 5.75 Å². The van der Waals surface area contributed by atoms with E-state index in [0.29, 0.717) is 0 Å². The molecule has 0 spiro atoms. The molecular weight excluding hydrogens is 466 g/mol. The van der Waals surface area contributed by atoms with Gasteiger partial charge in [-0.2, -0.15) is 13.2 Å². The summed E-state index contributed by atoms with van der Waals surface area (Å²) in [5, 5.41) is 8.67. The molecule has 0 bridgehead atoms. The van der Waals surface area contributed by atoms with Gasteiger partial charge in [-0.1, -0.05) is 23.2 Å². The van der Waals surface area contributed by atoms with Gasteiger partial charge in [0, 0.05) is 10.6 Å². The van der Waals surface area contributed by atoms with Crippen molar-refractivity contribution < 1.29 is 51.6 Å². The fourth-order valence-corrected chi connectivity index (χ4v) is 2.69. The fraction of sp³-hybridized carbons (Fsp3) is 0.333. The van der Waals surface area contributed by atoms with Crippen LogP contribution >= 0.6 is 23.2 Å². The lowest BCUT2D eigenvalue weighted by molar-refractivity contribution is -0.757. The van der Waals surface area contributed by atoms with Crippen molar-refractivity contribution in [1.29, 1.82) is 0 Å². The number of benzene rings is 1. The number of alkyl halides is 3. The maximum Gasteiger partial charge on any atom is 0.511 e. The van der Waals surface area contributed by atoms with Gasteiger partial charge in [0.1, 0.15) is 19.0 Å². The zero-order valence-electron chi connectivity index (χ0n) is 14.4. The van der Waals surface area contributed by atoms with Crippen molar-refractivity contribution in [3.63, 3.8) is 0 Å². The standard InChI is InChI=1S/C15H10Cl2F3NO9/c16-8-3-7-4-9(12(15(18,19)20)30-11(7)10(17)5-8)13(22)27-6-28-14(23)26-1-2-29-21(24)25/h3-5,12H,1-2,6H2. The smallest absolute Gasteiger partial charge is 0.474 e. The highest BCUT2D eigenvalue weighted by Gasteiger charge is 2.49. The van der Waals surface area contributed by atoms with E-state index in [4.69, 9.17) is 27.9 Å². The highest BCUT2D eigenvalue weighted by Crippen LogP contribution is 2.42. The monoisotopic (exact) mass is 475 g/mol. The first-order chi connectivity index (χ1) is 14.0. The number of hydrogen-bond acceptors (Lipinski definition) is 9. The Hall–Kier alpha value is -2.93. The van der Waals surface area contributed by atoms with Crippen molar-refractivity contribution in [3.8, 4) is 5.75 Å². The molecule has 1 unspecified atom stereocenters. The minimum absolute atomic E-state index is 0.00562. The topological polar surface area (TPSA) is 123 Å². The molecule has 1 aromatic carbocycles. The second-order valence-electron chi connectivity index (χ2n) is 5.29. The van der Waals surface area contributed by atoms with E-state index in [9.17, 15) is 32.9 Å². The Bertz CT molecular complexity index is 876. The van der Waals surface area contributed by atoms with E-state index in [1.54, 1.807) is 0 Å². The normalized spacial score (nSPS) is 15.2. The third-order valence-electron chi connectivity index (χ3n) is 3.27. The van der Waals surface area contributed by atoms with E-state index in [0.717, 1.165) is 6.08 Å². The molecule has 1 aliphatic rings. The van der Waals surface area contributed by atoms with Crippen LogP contribution in [-0.2, 0) is 23.8 Å². The largest absolute Gasteiger partial charge is 0.511 e. The molecule has 0 N–H and O–H groups in total. The maximum absolute atomic E-state index is 13.3. The summed E-state index contributed by atoms with van der Waals surface area (Å²) in [5.74, 6) is -1.82. The molecule has 1 aromatic rings. The van der Waals surface area contributed by atoms with E-state index in [-0.39, 0.29) is 21.4 Å². The predicted octanol–water partition coefficient (Wildman–Crippen LogP) is 3.56. The molecule has 2 rings (SSSR count). The average molecular weight is 476 g/mol. The molecule has 1 aliphatic heterocycles. The Kier molecular flexibility index (Phi) is 7.56. The summed E-state index contributed by atoms with van der Waals surface area (Å²) < 4.78 is 58.0. The number of esters is 1. The van der Waals surface area contributed by atoms with Crippen molar-refractivity contribution >= 4 is 41.4 Å². The van der Waals surface area contributed by atoms with E-state index in [1.165, 1.54) is 12.1 Å². The van der Waals surface area contributed by atoms with Gasteiger partial charge >= 0.3 is 18.3 Å². The van der Waals surface area contributed by atoms with Gasteiger partial charge in [0.05, 0.1) is 10.6 Å². The van der Waals surface area contributed by atoms with Crippen molar-refractivity contribution in [2.45, 2.75) is 12.3 Å². The van der Waals surface area contributed by atoms with Gasteiger partial charge in [0.15, 0.2) is 0 Å². The van der Waals surface area contributed by atoms with Gasteiger partial charge in [-0.3, -0.25) is 0 Å². The van der Waals surface area contributed by atoms with Crippen LogP contribution in [0.2, 0.25) is 10.0 Å². The number of ether oxygens (including phenoxy) is 4. The Balaban J connectivity index is 2.02. The number of halogens is 5. The van der Waals surface area contributed by atoms with E-state index < -0.39 is 55.1 Å². The average Bonchev–Trinajstić information content (AvgIpc) is 2.63. The predicted molar refractivity (Wildman–Crippen MR) is 91.2 cm³/mol. The van der Waals surface area contributed by atoms with Crippen molar-refractivity contribution in [2.24, 2.45) is 0 Å². The molecule has 0 saturated heterocycles. The van der Waals surface area contributed by atoms with Crippen LogP contribution < -0.4 is 4.74 Å². The summed E-state index contributed by atoms with van der Waals surface area (Å²) in [4.78, 5) is 37.0. The molecule has 0 aliphatic carbocycles. The Morgan fingerprint density at radius 1 is 1.17 bits per heavy atom. The first-order valence-electron chi connectivity index (χ1n) is 7.67. The van der Waals surface area contributed by atoms with Crippen LogP contribution in [0.15, 0.2) is 17.7 Å². The van der Waals surface area contributed by atoms with Crippen LogP contribution in [-0.4, -0.2) is 49.5 Å². The van der Waals surface area contributed by atoms with Crippen LogP contribution in [0, 0.1) is 10.1 Å². The second kappa shape index (κ2) is 9.71. The first kappa shape index (κ1) is 23.3. The molecule has 1 atom stereocenters. The highest BCUT2D eigenvalue weighted by molar-refractivity contribution is 6.36. The molecule has 15 heteroatoms. The Morgan fingerprint density at radius 2 is 1.87 bits per heavy atom. The van der Waals surface area contributed by atoms with E-state index in [1.807, 2.05) is 0 Å². The molecule has 0 aromatic heterocycles. The number of hydrogen-bond donors (Lipinski definition) is 0. The summed E-state index contributed by atoms with van der Waals surface area (Å²) in [7, 11) is 0. The van der Waals surface area contributed by atoms with Gasteiger partial charge < -0.3 is 23.8 Å². The van der Waals surface area contributed by atoms with Gasteiger partial charge in [0.25, 0.3) is 5.09 Å². The lowest BCUT2D eigenvalue weighted by Crippen LogP contribution is -2.41. The number of nitrogens with zero attached hydrogens (tertiary/aromatic N) is 1. The molecule has 0 radical (unpaired) electrons. The maximum atomic E-state index is 13.3. The van der Waals surface area contributed by atoms with Crippen LogP contribution in [0.25, 0.3) is 6.08 Å². The second-order valence-corrected chi connectivity index (χ2v) is 6.14. The SMILES string of the molecule is O=C(OCCO[N+](=O)[O-])OCOC(=O)C1=Cc2cc(Cl)cc(Cl)c2OC1C(F)(F)F. The van der Waals surface area contributed by atoms with Crippen LogP contribution in [0.1, 0.15) is 5.56 Å². The Labute approximate surface area is 175 Å². The number of fused-ring (bicyclic) bond motifs is 1. The quantitative estimate of drug-likeness (QED) is 0.191. The summed E-state index contributed by atoms with van der Waals surface area (Å²) >= 11 is 11.6. The zero-order valence-corrected chi connectivity index (χ0v) is 16.0. The molecule has 164 valence electrons. The highest BCUT2D eigenvalue weighted by atomic mass is 35.5. The van der Waals surface area contributed by atoms with Crippen molar-refractivity contribution in [3.05, 3.63) is 43.4 Å². The summed E-state index contributed by atoms with van der Waals surface area (Å²) in [6.07, 6.45) is -8.26. The first-order valence-corrected chi connectivity index (χ1v) is 8.42. The third-order valence-corrected chi connectivity index (χ3v) is 3.76. The molecule has 0 amide bonds. The number of carbonyl (C=O) groups is 2. The fourth-order valence-electron chi connectivity index (χ4n) is 2.14. The lowest BCUT2D eigenvalue weighted by Gasteiger charge is -2.28. The molecular formula is C15H10Cl2F3NO9. The molecule has 10 nitrogen and oxygen atoms in total. The third kappa shape index (κ3) is 6.29. The molecule has 0 fully saturated rings. The van der Waals surface area contributed by atoms with Gasteiger partial charge in [-0.15, -0.1) is 10.1 Å². The van der Waals surface area contributed by atoms with E-state index >= 15 is 0 Å². The minimum atomic E-state index is -5.00. The van der Waals surface area contributed by atoms with Crippen molar-refractivity contribution in [1.82, 2.24) is 0 Å². The molecule has 0 saturated carbocycles. The zero-order chi connectivity index (χ0) is 22.5. The van der Waals surface area contributed by atoms with Gasteiger partial charge in [-0.25, -0.2) is 9.59 Å². The Morgan fingerprint density at radius 3 is 2.50 bits per heavy atom. The van der Waals surface area contributed by atoms with Gasteiger partial charge in [0.2, 0.25) is 12.9 Å². The minimum Gasteiger partial charge on any atom is -0.474 e. The lowest BCUT2D eigenvalue weighted by atomic mass is 10.0. The van der Waals surface area contributed by atoms with Crippen molar-refractivity contribution in [2.75, 3.05) is 20.0 Å². The number of carbonyl (C=O) groups excluding carboxylic acids is 2. The summed E-state index contributed by atoms with van der Waals surface area (Å²) in [6.45, 7) is -2.23. The van der Waals surface area contributed by atoms with Crippen LogP contribution in [0.3, 0.4) is 0 Å². The summed E-state index contributed by atoms with van der Waals surface area (Å²) in [5.41, 5.74) is -0.934. The molecule has 1 heterocycles. The van der Waals surface area contributed by atoms with E-state index in [2.05, 4.69) is 19.0 Å². The molecule has 30 heavy (non-hydrogen) atoms. The number of rotatable bonds is 7. The summed E-state index contributed by atoms with van der Waals surface area (Å²) in [6, 6.07) is 2.40. The van der Waals surface area contributed by atoms with Gasteiger partial charge in [-0.05, 0) is 18.2 Å². The van der Waals surface area contributed by atoms with Crippen LogP contribution in [0.4, 0.5) is 18.0 Å².